The first-order valence-corrected chi connectivity index (χ1v) is 3.74. The molecular formula is C7H12N4O2. The quantitative estimate of drug-likeness (QED) is 0.522. The van der Waals surface area contributed by atoms with E-state index in [0.717, 1.165) is 0 Å². The smallest absolute Gasteiger partial charge is 0.314 e. The minimum atomic E-state index is -0.543. The molecule has 0 aromatic heterocycles. The summed E-state index contributed by atoms with van der Waals surface area (Å²) in [7, 11) is 1.45. The van der Waals surface area contributed by atoms with Gasteiger partial charge in [0.15, 0.2) is 0 Å². The Morgan fingerprint density at radius 1 is 1.54 bits per heavy atom. The van der Waals surface area contributed by atoms with Crippen LogP contribution in [0, 0.1) is 11.3 Å². The second-order valence-corrected chi connectivity index (χ2v) is 2.35. The molecular weight excluding hydrogens is 172 g/mol. The highest BCUT2D eigenvalue weighted by atomic mass is 16.2. The lowest BCUT2D eigenvalue weighted by atomic mass is 10.4. The Balaban J connectivity index is 3.65. The summed E-state index contributed by atoms with van der Waals surface area (Å²) in [6.45, 7) is 1.42. The minimum absolute atomic E-state index is 0.133. The molecule has 1 atom stereocenters. The molecule has 0 aliphatic heterocycles. The van der Waals surface area contributed by atoms with Gasteiger partial charge in [0.2, 0.25) is 5.91 Å². The van der Waals surface area contributed by atoms with E-state index in [1.807, 2.05) is 6.07 Å². The number of nitriles is 1. The fraction of sp³-hybridized carbons (Fsp3) is 0.571. The van der Waals surface area contributed by atoms with Gasteiger partial charge in [-0.15, -0.1) is 0 Å². The molecule has 1 unspecified atom stereocenters. The van der Waals surface area contributed by atoms with Crippen LogP contribution in [0.1, 0.15) is 6.92 Å². The largest absolute Gasteiger partial charge is 0.341 e. The predicted octanol–water partition coefficient (Wildman–Crippen LogP) is -1.06. The third-order valence-corrected chi connectivity index (χ3v) is 1.21. The molecule has 0 aliphatic rings. The van der Waals surface area contributed by atoms with E-state index >= 15 is 0 Å². The standard InChI is InChI=1S/C7H12N4O2/c1-5(3-8)11-6(12)4-10-7(13)9-2/h5H,4H2,1-2H3,(H,11,12)(H2,9,10,13). The van der Waals surface area contributed by atoms with E-state index in [2.05, 4.69) is 16.0 Å². The molecule has 0 radical (unpaired) electrons. The Labute approximate surface area is 76.3 Å². The maximum atomic E-state index is 10.9. The van der Waals surface area contributed by atoms with Crippen LogP contribution in [-0.2, 0) is 4.79 Å². The summed E-state index contributed by atoms with van der Waals surface area (Å²) in [6.07, 6.45) is 0. The first-order chi connectivity index (χ1) is 6.10. The highest BCUT2D eigenvalue weighted by Crippen LogP contribution is 1.75. The number of hydrogen-bond acceptors (Lipinski definition) is 3. The van der Waals surface area contributed by atoms with Crippen molar-refractivity contribution in [2.45, 2.75) is 13.0 Å². The van der Waals surface area contributed by atoms with Crippen LogP contribution in [0.4, 0.5) is 4.79 Å². The average molecular weight is 184 g/mol. The van der Waals surface area contributed by atoms with Gasteiger partial charge >= 0.3 is 6.03 Å². The van der Waals surface area contributed by atoms with Crippen molar-refractivity contribution in [2.75, 3.05) is 13.6 Å². The summed E-state index contributed by atoms with van der Waals surface area (Å²) in [5.74, 6) is -0.391. The maximum Gasteiger partial charge on any atom is 0.314 e. The van der Waals surface area contributed by atoms with Crippen molar-refractivity contribution in [3.05, 3.63) is 0 Å². The van der Waals surface area contributed by atoms with Crippen LogP contribution in [-0.4, -0.2) is 31.6 Å². The van der Waals surface area contributed by atoms with E-state index < -0.39 is 18.0 Å². The first-order valence-electron chi connectivity index (χ1n) is 3.74. The molecule has 0 spiro atoms. The molecule has 0 aromatic carbocycles. The number of urea groups is 1. The van der Waals surface area contributed by atoms with Crippen LogP contribution >= 0.6 is 0 Å². The molecule has 0 bridgehead atoms. The normalized spacial score (nSPS) is 10.8. The topological polar surface area (TPSA) is 94.0 Å². The van der Waals surface area contributed by atoms with Crippen LogP contribution in [0.25, 0.3) is 0 Å². The zero-order chi connectivity index (χ0) is 10.3. The van der Waals surface area contributed by atoms with Gasteiger partial charge in [-0.05, 0) is 6.92 Å². The van der Waals surface area contributed by atoms with E-state index in [-0.39, 0.29) is 6.54 Å². The Morgan fingerprint density at radius 3 is 2.62 bits per heavy atom. The molecule has 13 heavy (non-hydrogen) atoms. The molecule has 0 saturated heterocycles. The molecule has 0 fully saturated rings. The Hall–Kier alpha value is -1.77. The number of carbonyl (C=O) groups excluding carboxylic acids is 2. The monoisotopic (exact) mass is 184 g/mol. The molecule has 3 N–H and O–H groups in total. The van der Waals surface area contributed by atoms with Gasteiger partial charge in [0, 0.05) is 7.05 Å². The van der Waals surface area contributed by atoms with Crippen molar-refractivity contribution in [1.29, 1.82) is 5.26 Å². The van der Waals surface area contributed by atoms with Crippen LogP contribution in [0.5, 0.6) is 0 Å². The first kappa shape index (κ1) is 11.2. The summed E-state index contributed by atoms with van der Waals surface area (Å²) >= 11 is 0. The van der Waals surface area contributed by atoms with Gasteiger partial charge in [-0.1, -0.05) is 0 Å². The SMILES string of the molecule is CNC(=O)NCC(=O)NC(C)C#N. The molecule has 6 heteroatoms. The van der Waals surface area contributed by atoms with E-state index in [0.29, 0.717) is 0 Å². The number of nitrogens with one attached hydrogen (secondary N) is 3. The van der Waals surface area contributed by atoms with Gasteiger partial charge < -0.3 is 16.0 Å². The summed E-state index contributed by atoms with van der Waals surface area (Å²) < 4.78 is 0. The minimum Gasteiger partial charge on any atom is -0.341 e. The summed E-state index contributed by atoms with van der Waals surface area (Å²) in [4.78, 5) is 21.5. The number of hydrogen-bond donors (Lipinski definition) is 3. The highest BCUT2D eigenvalue weighted by molar-refractivity contribution is 5.84. The highest BCUT2D eigenvalue weighted by Gasteiger charge is 2.06. The van der Waals surface area contributed by atoms with Crippen molar-refractivity contribution < 1.29 is 9.59 Å². The van der Waals surface area contributed by atoms with E-state index in [4.69, 9.17) is 5.26 Å². The molecule has 6 nitrogen and oxygen atoms in total. The number of nitrogens with zero attached hydrogens (tertiary/aromatic N) is 1. The van der Waals surface area contributed by atoms with Crippen molar-refractivity contribution >= 4 is 11.9 Å². The summed E-state index contributed by atoms with van der Waals surface area (Å²) in [5, 5.41) is 15.3. The zero-order valence-electron chi connectivity index (χ0n) is 7.55. The fourth-order valence-electron chi connectivity index (χ4n) is 0.574. The summed E-state index contributed by atoms with van der Waals surface area (Å²) in [6, 6.07) is 0.864. The lowest BCUT2D eigenvalue weighted by molar-refractivity contribution is -0.120. The lowest BCUT2D eigenvalue weighted by Crippen LogP contribution is -2.43. The maximum absolute atomic E-state index is 10.9. The predicted molar refractivity (Wildman–Crippen MR) is 45.7 cm³/mol. The number of carbonyl (C=O) groups is 2. The Kier molecular flexibility index (Phi) is 5.03. The third-order valence-electron chi connectivity index (χ3n) is 1.21. The van der Waals surface area contributed by atoms with Crippen molar-refractivity contribution in [2.24, 2.45) is 0 Å². The van der Waals surface area contributed by atoms with Gasteiger partial charge in [-0.25, -0.2) is 4.79 Å². The zero-order valence-corrected chi connectivity index (χ0v) is 7.55. The molecule has 0 aromatic rings. The second kappa shape index (κ2) is 5.83. The van der Waals surface area contributed by atoms with Gasteiger partial charge in [-0.3, -0.25) is 4.79 Å². The van der Waals surface area contributed by atoms with E-state index in [9.17, 15) is 9.59 Å². The number of amides is 3. The van der Waals surface area contributed by atoms with E-state index in [1.165, 1.54) is 7.05 Å². The third kappa shape index (κ3) is 5.49. The van der Waals surface area contributed by atoms with Gasteiger partial charge in [0.05, 0.1) is 12.6 Å². The van der Waals surface area contributed by atoms with Crippen molar-refractivity contribution in [3.63, 3.8) is 0 Å². The van der Waals surface area contributed by atoms with Crippen molar-refractivity contribution in [3.8, 4) is 6.07 Å². The lowest BCUT2D eigenvalue weighted by Gasteiger charge is -2.06. The van der Waals surface area contributed by atoms with Crippen LogP contribution in [0.3, 0.4) is 0 Å². The average Bonchev–Trinajstić information content (AvgIpc) is 2.13. The molecule has 0 saturated carbocycles. The molecule has 0 heterocycles. The molecule has 0 aliphatic carbocycles. The fourth-order valence-corrected chi connectivity index (χ4v) is 0.574. The Morgan fingerprint density at radius 2 is 2.15 bits per heavy atom. The van der Waals surface area contributed by atoms with Gasteiger partial charge in [-0.2, -0.15) is 5.26 Å². The molecule has 72 valence electrons. The van der Waals surface area contributed by atoms with Crippen LogP contribution < -0.4 is 16.0 Å². The Bertz CT molecular complexity index is 233. The summed E-state index contributed by atoms with van der Waals surface area (Å²) in [5.41, 5.74) is 0. The van der Waals surface area contributed by atoms with E-state index in [1.54, 1.807) is 6.92 Å². The second-order valence-electron chi connectivity index (χ2n) is 2.35. The molecule has 0 rings (SSSR count). The van der Waals surface area contributed by atoms with Crippen molar-refractivity contribution in [1.82, 2.24) is 16.0 Å². The molecule has 3 amide bonds. The number of rotatable bonds is 3. The van der Waals surface area contributed by atoms with Crippen LogP contribution in [0.15, 0.2) is 0 Å². The van der Waals surface area contributed by atoms with Crippen LogP contribution in [0.2, 0.25) is 0 Å². The van der Waals surface area contributed by atoms with Gasteiger partial charge in [0.25, 0.3) is 0 Å². The van der Waals surface area contributed by atoms with Gasteiger partial charge in [0.1, 0.15) is 6.04 Å².